The van der Waals surface area contributed by atoms with Gasteiger partial charge in [-0.25, -0.2) is 0 Å². The Morgan fingerprint density at radius 2 is 2.14 bits per heavy atom. The molecule has 8 heteroatoms. The van der Waals surface area contributed by atoms with Crippen LogP contribution in [0.25, 0.3) is 5.48 Å². The summed E-state index contributed by atoms with van der Waals surface area (Å²) in [6.07, 6.45) is 2.86. The van der Waals surface area contributed by atoms with Gasteiger partial charge in [0.25, 0.3) is 5.71 Å². The van der Waals surface area contributed by atoms with Gasteiger partial charge in [0, 0.05) is 16.7 Å². The van der Waals surface area contributed by atoms with E-state index >= 15 is 0 Å². The van der Waals surface area contributed by atoms with Gasteiger partial charge in [0.15, 0.2) is 0 Å². The highest BCUT2D eigenvalue weighted by Gasteiger charge is 2.39. The largest absolute Gasteiger partial charge is 0.567 e. The highest BCUT2D eigenvalue weighted by Crippen LogP contribution is 2.38. The summed E-state index contributed by atoms with van der Waals surface area (Å²) in [4.78, 5) is 15.3. The van der Waals surface area contributed by atoms with Crippen molar-refractivity contribution in [3.63, 3.8) is 0 Å². The lowest BCUT2D eigenvalue weighted by Gasteiger charge is -2.23. The van der Waals surface area contributed by atoms with Gasteiger partial charge in [0.2, 0.25) is 5.70 Å². The van der Waals surface area contributed by atoms with E-state index in [1.807, 2.05) is 0 Å². The summed E-state index contributed by atoms with van der Waals surface area (Å²) in [6.45, 7) is 0. The van der Waals surface area contributed by atoms with Crippen LogP contribution >= 0.6 is 0 Å². The van der Waals surface area contributed by atoms with Gasteiger partial charge in [0.05, 0.1) is 22.8 Å². The predicted octanol–water partition coefficient (Wildman–Crippen LogP) is 2.15. The van der Waals surface area contributed by atoms with Gasteiger partial charge in [-0.2, -0.15) is 5.26 Å². The van der Waals surface area contributed by atoms with Crippen LogP contribution in [0, 0.1) is 32.6 Å². The maximum absolute atomic E-state index is 11.4. The fourth-order valence-corrected chi connectivity index (χ4v) is 2.52. The Morgan fingerprint density at radius 1 is 1.41 bits per heavy atom. The third kappa shape index (κ3) is 2.05. The molecule has 1 aliphatic carbocycles. The molecule has 0 N–H and O–H groups in total. The second kappa shape index (κ2) is 5.21. The van der Waals surface area contributed by atoms with E-state index in [0.717, 1.165) is 0 Å². The summed E-state index contributed by atoms with van der Waals surface area (Å²) >= 11 is 0. The van der Waals surface area contributed by atoms with Gasteiger partial charge >= 0.3 is 0 Å². The van der Waals surface area contributed by atoms with Crippen molar-refractivity contribution in [2.75, 3.05) is 0 Å². The number of benzene rings is 1. The monoisotopic (exact) mass is 297 g/mol. The fraction of sp³-hybridized carbons (Fsp3) is 0.143. The van der Waals surface area contributed by atoms with Gasteiger partial charge < -0.3 is 10.4 Å². The van der Waals surface area contributed by atoms with Crippen LogP contribution in [-0.4, -0.2) is 15.5 Å². The molecule has 2 atom stereocenters. The number of hydroxylamine groups is 1. The van der Waals surface area contributed by atoms with E-state index in [0.29, 0.717) is 5.56 Å². The first kappa shape index (κ1) is 13.6. The van der Waals surface area contributed by atoms with Crippen molar-refractivity contribution in [3.8, 4) is 6.07 Å². The number of nitrogens with zero attached hydrogens (tertiary/aromatic N) is 4. The maximum Gasteiger partial charge on any atom is 0.258 e. The number of fused-ring (bicyclic) bond motifs is 1. The second-order valence-electron chi connectivity index (χ2n) is 4.71. The third-order valence-electron chi connectivity index (χ3n) is 3.52. The number of hydrogen-bond acceptors (Lipinski definition) is 5. The lowest BCUT2D eigenvalue weighted by Crippen LogP contribution is -2.24. The van der Waals surface area contributed by atoms with Crippen molar-refractivity contribution in [2.24, 2.45) is 5.92 Å². The summed E-state index contributed by atoms with van der Waals surface area (Å²) in [7, 11) is 0. The van der Waals surface area contributed by atoms with Crippen LogP contribution < -0.4 is 0 Å². The van der Waals surface area contributed by atoms with Crippen LogP contribution in [0.1, 0.15) is 11.5 Å². The lowest BCUT2D eigenvalue weighted by atomic mass is 9.81. The molecule has 2 aliphatic rings. The molecule has 110 valence electrons. The summed E-state index contributed by atoms with van der Waals surface area (Å²) in [5.74, 6) is -1.58. The zero-order chi connectivity index (χ0) is 15.7. The van der Waals surface area contributed by atoms with Crippen LogP contribution in [-0.2, 0) is 4.94 Å². The van der Waals surface area contributed by atoms with Crippen molar-refractivity contribution in [2.45, 2.75) is 5.92 Å². The first-order valence-electron chi connectivity index (χ1n) is 6.37. The molecule has 0 bridgehead atoms. The molecule has 8 nitrogen and oxygen atoms in total. The van der Waals surface area contributed by atoms with Gasteiger partial charge in [-0.05, 0) is 5.56 Å². The van der Waals surface area contributed by atoms with Crippen molar-refractivity contribution in [1.82, 2.24) is 0 Å². The molecule has 1 aliphatic heterocycles. The molecule has 0 fully saturated rings. The molecule has 1 aromatic rings. The first-order valence-corrected chi connectivity index (χ1v) is 6.37. The van der Waals surface area contributed by atoms with Crippen LogP contribution in [0.4, 0.5) is 0 Å². The Kier molecular flexibility index (Phi) is 3.23. The fourth-order valence-electron chi connectivity index (χ4n) is 2.52. The van der Waals surface area contributed by atoms with Gasteiger partial charge in [-0.15, -0.1) is 0 Å². The van der Waals surface area contributed by atoms with Crippen molar-refractivity contribution < 1.29 is 14.8 Å². The summed E-state index contributed by atoms with van der Waals surface area (Å²) in [5, 5.41) is 32.3. The minimum Gasteiger partial charge on any atom is -0.567 e. The highest BCUT2D eigenvalue weighted by atomic mass is 16.9. The Balaban J connectivity index is 2.10. The van der Waals surface area contributed by atoms with E-state index in [1.54, 1.807) is 30.3 Å². The zero-order valence-corrected chi connectivity index (χ0v) is 11.1. The SMILES string of the molecule is N#CC(c1ccccc1)C1C=CC2=[N+]([O-])O[N-]C2=C1[N+](=O)[O-]. The van der Waals surface area contributed by atoms with E-state index in [4.69, 9.17) is 0 Å². The van der Waals surface area contributed by atoms with E-state index in [1.165, 1.54) is 12.2 Å². The predicted molar refractivity (Wildman–Crippen MR) is 74.5 cm³/mol. The minimum atomic E-state index is -0.819. The van der Waals surface area contributed by atoms with Crippen molar-refractivity contribution in [3.05, 3.63) is 80.2 Å². The van der Waals surface area contributed by atoms with Crippen LogP contribution in [0.3, 0.4) is 0 Å². The van der Waals surface area contributed by atoms with Crippen LogP contribution in [0.5, 0.6) is 0 Å². The molecule has 0 saturated heterocycles. The van der Waals surface area contributed by atoms with Gasteiger partial charge in [-0.3, -0.25) is 15.3 Å². The Morgan fingerprint density at radius 3 is 2.77 bits per heavy atom. The highest BCUT2D eigenvalue weighted by molar-refractivity contribution is 6.08. The van der Waals surface area contributed by atoms with E-state index in [2.05, 4.69) is 16.5 Å². The topological polar surface area (TPSA) is 116 Å². The number of hydrogen-bond donors (Lipinski definition) is 0. The molecule has 1 heterocycles. The summed E-state index contributed by atoms with van der Waals surface area (Å²) < 4.78 is 0. The Hall–Kier alpha value is -3.34. The van der Waals surface area contributed by atoms with Gasteiger partial charge in [-0.1, -0.05) is 36.4 Å². The number of rotatable bonds is 3. The Labute approximate surface area is 124 Å². The van der Waals surface area contributed by atoms with Crippen LogP contribution in [0.2, 0.25) is 0 Å². The molecular weight excluding hydrogens is 288 g/mol. The molecule has 0 spiro atoms. The first-order chi connectivity index (χ1) is 10.6. The molecule has 22 heavy (non-hydrogen) atoms. The van der Waals surface area contributed by atoms with Crippen LogP contribution in [0.15, 0.2) is 53.9 Å². The quantitative estimate of drug-likeness (QED) is 0.481. The Bertz CT molecular complexity index is 761. The number of allylic oxidation sites excluding steroid dienone is 2. The molecule has 0 aromatic heterocycles. The minimum absolute atomic E-state index is 0.0345. The number of nitriles is 1. The third-order valence-corrected chi connectivity index (χ3v) is 3.52. The smallest absolute Gasteiger partial charge is 0.258 e. The average Bonchev–Trinajstić information content (AvgIpc) is 2.90. The van der Waals surface area contributed by atoms with E-state index in [-0.39, 0.29) is 22.0 Å². The van der Waals surface area contributed by atoms with Crippen molar-refractivity contribution in [1.29, 1.82) is 5.26 Å². The molecular formula is C14H9N4O4-. The standard InChI is InChI=1S/C14H9N4O4/c15-8-11(9-4-2-1-3-5-9)10-6-7-12-13(14(10)17(19)20)16-22-18(12)21/h1-7,10-11H/q-1. The molecule has 2 unspecified atom stereocenters. The molecule has 1 aromatic carbocycles. The normalized spacial score (nSPS) is 20.8. The molecule has 0 saturated carbocycles. The van der Waals surface area contributed by atoms with E-state index in [9.17, 15) is 20.6 Å². The lowest BCUT2D eigenvalue weighted by molar-refractivity contribution is -0.717. The maximum atomic E-state index is 11.4. The average molecular weight is 297 g/mol. The summed E-state index contributed by atoms with van der Waals surface area (Å²) in [6, 6.07) is 10.9. The summed E-state index contributed by atoms with van der Waals surface area (Å²) in [5.41, 5.74) is 3.63. The van der Waals surface area contributed by atoms with Crippen molar-refractivity contribution >= 4 is 5.71 Å². The molecule has 0 amide bonds. The van der Waals surface area contributed by atoms with Gasteiger partial charge in [0.1, 0.15) is 0 Å². The second-order valence-corrected chi connectivity index (χ2v) is 4.71. The molecule has 3 rings (SSSR count). The van der Waals surface area contributed by atoms with E-state index < -0.39 is 16.8 Å². The zero-order valence-electron chi connectivity index (χ0n) is 11.1. The number of nitro groups is 1. The molecule has 0 radical (unpaired) electrons.